The molecule has 0 bridgehead atoms. The summed E-state index contributed by atoms with van der Waals surface area (Å²) < 4.78 is 33.7. The van der Waals surface area contributed by atoms with Crippen LogP contribution < -0.4 is 20.7 Å². The number of nitrogens with zero attached hydrogens (tertiary/aromatic N) is 2. The van der Waals surface area contributed by atoms with E-state index in [9.17, 15) is 32.4 Å². The number of carbonyl (C=O) groups is 5. The number of nitrogens with one attached hydrogen (secondary N) is 4. The number of carbonyl (C=O) groups excluding carboxylic acids is 5. The van der Waals surface area contributed by atoms with Gasteiger partial charge in [0.05, 0.1) is 18.3 Å². The molecule has 0 spiro atoms. The van der Waals surface area contributed by atoms with Crippen molar-refractivity contribution in [3.05, 3.63) is 46.5 Å². The Bertz CT molecular complexity index is 1750. The van der Waals surface area contributed by atoms with Crippen molar-refractivity contribution in [2.75, 3.05) is 6.54 Å². The molecule has 16 heteroatoms. The van der Waals surface area contributed by atoms with Crippen LogP contribution in [0.3, 0.4) is 0 Å². The highest BCUT2D eigenvalue weighted by molar-refractivity contribution is 7.91. The SMILES string of the molecule is O=C(NC1CCCC1)N[C@H]1CCCCC/C=C\[C@@H]2C[C@@]2(C(=O)NS(=O)(=O)C2CC2)NC(=O)C2C[C@@H](OC(=O)N3Cc4cccc(Cl)c4C3)CN2C1=O. The Morgan fingerprint density at radius 3 is 2.48 bits per heavy atom. The van der Waals surface area contributed by atoms with Gasteiger partial charge < -0.3 is 25.6 Å². The third kappa shape index (κ3) is 7.90. The molecule has 0 radical (unpaired) electrons. The second-order valence-corrected chi connectivity index (χ2v) is 17.5. The van der Waals surface area contributed by atoms with E-state index < -0.39 is 74.8 Å². The minimum atomic E-state index is -3.89. The minimum absolute atomic E-state index is 0.0300. The number of hydrogen-bond donors (Lipinski definition) is 4. The molecule has 3 heterocycles. The van der Waals surface area contributed by atoms with E-state index in [-0.39, 0.29) is 32.0 Å². The maximum atomic E-state index is 14.4. The highest BCUT2D eigenvalue weighted by atomic mass is 35.5. The minimum Gasteiger partial charge on any atom is -0.444 e. The van der Waals surface area contributed by atoms with Crippen molar-refractivity contribution in [2.45, 2.75) is 132 Å². The molecule has 3 aliphatic carbocycles. The first kappa shape index (κ1) is 36.5. The second kappa shape index (κ2) is 14.9. The quantitative estimate of drug-likeness (QED) is 0.319. The lowest BCUT2D eigenvalue weighted by molar-refractivity contribution is -0.141. The molecule has 5 atom stereocenters. The summed E-state index contributed by atoms with van der Waals surface area (Å²) >= 11 is 6.37. The maximum absolute atomic E-state index is 14.4. The van der Waals surface area contributed by atoms with Crippen LogP contribution in [0.25, 0.3) is 0 Å². The molecule has 6 amide bonds. The van der Waals surface area contributed by atoms with Gasteiger partial charge in [-0.15, -0.1) is 0 Å². The normalized spacial score (nSPS) is 30.2. The molecule has 3 saturated carbocycles. The average molecular weight is 759 g/mol. The zero-order valence-electron chi connectivity index (χ0n) is 29.1. The van der Waals surface area contributed by atoms with E-state index >= 15 is 0 Å². The number of allylic oxidation sites excluding steroid dienone is 1. The largest absolute Gasteiger partial charge is 0.444 e. The molecular formula is C36H47ClN6O8S. The van der Waals surface area contributed by atoms with Gasteiger partial charge >= 0.3 is 12.1 Å². The standard InChI is InChI=1S/C36H47ClN6O8S/c37-28-13-8-9-22-19-42(21-27(22)28)35(48)51-25-17-30-31(44)40-36(33(46)41-52(49,50)26-15-16-26)18-23(36)10-4-2-1-3-5-14-29(32(45)43(30)20-25)39-34(47)38-24-11-6-7-12-24/h4,8-10,13,23-26,29-30H,1-3,5-7,11-12,14-21H2,(H,40,44)(H,41,46)(H2,38,39,47)/b10-4-/t23-,25-,29+,30?,36-/m1/s1. The zero-order chi connectivity index (χ0) is 36.6. The Morgan fingerprint density at radius 1 is 0.962 bits per heavy atom. The summed E-state index contributed by atoms with van der Waals surface area (Å²) in [5, 5.41) is 8.60. The van der Waals surface area contributed by atoms with E-state index in [0.29, 0.717) is 43.7 Å². The molecule has 7 rings (SSSR count). The van der Waals surface area contributed by atoms with E-state index in [2.05, 4.69) is 20.7 Å². The van der Waals surface area contributed by atoms with E-state index in [0.717, 1.165) is 49.7 Å². The van der Waals surface area contributed by atoms with Crippen LogP contribution in [0, 0.1) is 5.92 Å². The highest BCUT2D eigenvalue weighted by Gasteiger charge is 2.62. The van der Waals surface area contributed by atoms with E-state index in [1.807, 2.05) is 24.3 Å². The number of benzene rings is 1. The first-order valence-corrected chi connectivity index (χ1v) is 20.5. The van der Waals surface area contributed by atoms with Crippen LogP contribution in [0.5, 0.6) is 0 Å². The van der Waals surface area contributed by atoms with Crippen molar-refractivity contribution in [1.29, 1.82) is 0 Å². The van der Waals surface area contributed by atoms with E-state index in [1.54, 1.807) is 6.07 Å². The van der Waals surface area contributed by atoms with Crippen LogP contribution in [0.4, 0.5) is 9.59 Å². The van der Waals surface area contributed by atoms with Crippen molar-refractivity contribution in [3.8, 4) is 0 Å². The third-order valence-corrected chi connectivity index (χ3v) is 13.5. The lowest BCUT2D eigenvalue weighted by Crippen LogP contribution is -2.59. The Labute approximate surface area is 308 Å². The lowest BCUT2D eigenvalue weighted by Gasteiger charge is -2.30. The van der Waals surface area contributed by atoms with Crippen molar-refractivity contribution < 1.29 is 37.1 Å². The summed E-state index contributed by atoms with van der Waals surface area (Å²) in [6, 6.07) is 2.94. The first-order valence-electron chi connectivity index (χ1n) is 18.6. The Hall–Kier alpha value is -3.85. The number of amides is 6. The van der Waals surface area contributed by atoms with Crippen molar-refractivity contribution in [3.63, 3.8) is 0 Å². The van der Waals surface area contributed by atoms with Gasteiger partial charge in [0.1, 0.15) is 23.7 Å². The molecule has 1 aromatic carbocycles. The van der Waals surface area contributed by atoms with Crippen LogP contribution >= 0.6 is 11.6 Å². The smallest absolute Gasteiger partial charge is 0.410 e. The van der Waals surface area contributed by atoms with Gasteiger partial charge in [-0.3, -0.25) is 24.0 Å². The summed E-state index contributed by atoms with van der Waals surface area (Å²) in [4.78, 5) is 71.7. The summed E-state index contributed by atoms with van der Waals surface area (Å²) in [5.74, 6) is -2.39. The number of sulfonamides is 1. The van der Waals surface area contributed by atoms with Gasteiger partial charge in [-0.05, 0) is 68.6 Å². The van der Waals surface area contributed by atoms with Crippen LogP contribution in [-0.2, 0) is 42.2 Å². The zero-order valence-corrected chi connectivity index (χ0v) is 30.7. The van der Waals surface area contributed by atoms with Gasteiger partial charge in [0.2, 0.25) is 21.8 Å². The van der Waals surface area contributed by atoms with Crippen LogP contribution in [0.2, 0.25) is 5.02 Å². The summed E-state index contributed by atoms with van der Waals surface area (Å²) in [7, 11) is -3.89. The van der Waals surface area contributed by atoms with Gasteiger partial charge in [0, 0.05) is 29.9 Å². The Morgan fingerprint density at radius 2 is 1.73 bits per heavy atom. The number of halogens is 1. The van der Waals surface area contributed by atoms with Crippen molar-refractivity contribution in [2.24, 2.45) is 5.92 Å². The Kier molecular flexibility index (Phi) is 10.4. The molecule has 1 saturated heterocycles. The van der Waals surface area contributed by atoms with Gasteiger partial charge in [-0.2, -0.15) is 0 Å². The number of fused-ring (bicyclic) bond motifs is 3. The fourth-order valence-corrected chi connectivity index (χ4v) is 9.65. The first-order chi connectivity index (χ1) is 24.9. The Balaban J connectivity index is 1.12. The molecule has 6 aliphatic rings. The van der Waals surface area contributed by atoms with Crippen LogP contribution in [0.15, 0.2) is 30.4 Å². The monoisotopic (exact) mass is 758 g/mol. The summed E-state index contributed by atoms with van der Waals surface area (Å²) in [6.07, 6.45) is 10.4. The maximum Gasteiger partial charge on any atom is 0.410 e. The second-order valence-electron chi connectivity index (χ2n) is 15.1. The molecule has 52 heavy (non-hydrogen) atoms. The molecule has 3 aliphatic heterocycles. The number of hydrogen-bond acceptors (Lipinski definition) is 8. The van der Waals surface area contributed by atoms with Gasteiger partial charge in [-0.25, -0.2) is 18.0 Å². The number of ether oxygens (including phenoxy) is 1. The van der Waals surface area contributed by atoms with Gasteiger partial charge in [0.25, 0.3) is 5.91 Å². The molecule has 4 fully saturated rings. The molecule has 1 aromatic rings. The fourth-order valence-electron chi connectivity index (χ4n) is 8.03. The molecular weight excluding hydrogens is 712 g/mol. The lowest BCUT2D eigenvalue weighted by atomic mass is 10.0. The van der Waals surface area contributed by atoms with Gasteiger partial charge in [-0.1, -0.05) is 61.6 Å². The summed E-state index contributed by atoms with van der Waals surface area (Å²) in [5.41, 5.74) is 0.224. The van der Waals surface area contributed by atoms with Crippen LogP contribution in [-0.4, -0.2) is 89.6 Å². The molecule has 282 valence electrons. The molecule has 4 N–H and O–H groups in total. The van der Waals surface area contributed by atoms with E-state index in [4.69, 9.17) is 16.3 Å². The fraction of sp³-hybridized carbons (Fsp3) is 0.639. The number of rotatable bonds is 6. The third-order valence-electron chi connectivity index (χ3n) is 11.3. The summed E-state index contributed by atoms with van der Waals surface area (Å²) in [6.45, 7) is 0.448. The van der Waals surface area contributed by atoms with Crippen molar-refractivity contribution in [1.82, 2.24) is 30.5 Å². The van der Waals surface area contributed by atoms with Crippen molar-refractivity contribution >= 4 is 51.5 Å². The van der Waals surface area contributed by atoms with Gasteiger partial charge in [0.15, 0.2) is 0 Å². The number of urea groups is 1. The molecule has 0 aromatic heterocycles. The average Bonchev–Trinajstić information content (AvgIpc) is 3.88. The molecule has 1 unspecified atom stereocenters. The van der Waals surface area contributed by atoms with Crippen LogP contribution in [0.1, 0.15) is 94.6 Å². The van der Waals surface area contributed by atoms with E-state index in [1.165, 1.54) is 9.80 Å². The molecule has 14 nitrogen and oxygen atoms in total. The predicted octanol–water partition coefficient (Wildman–Crippen LogP) is 3.38. The topological polar surface area (TPSA) is 183 Å². The predicted molar refractivity (Wildman–Crippen MR) is 190 cm³/mol. The highest BCUT2D eigenvalue weighted by Crippen LogP contribution is 2.46.